The average Bonchev–Trinajstić information content (AvgIpc) is 3.57. The first-order valence-electron chi connectivity index (χ1n) is 35.3. The summed E-state index contributed by atoms with van der Waals surface area (Å²) < 4.78 is 22.9. The quantitative estimate of drug-likeness (QED) is 0.0211. The summed E-state index contributed by atoms with van der Waals surface area (Å²) in [5.41, 5.74) is 0. The number of quaternary nitrogens is 1. The highest BCUT2D eigenvalue weighted by atomic mass is 16.7. The maximum absolute atomic E-state index is 12.9. The number of carboxylic acids is 1. The van der Waals surface area contributed by atoms with Gasteiger partial charge in [-0.05, 0) is 116 Å². The third kappa shape index (κ3) is 68.8. The highest BCUT2D eigenvalue weighted by Crippen LogP contribution is 2.17. The molecule has 0 aromatic carbocycles. The van der Waals surface area contributed by atoms with Crippen molar-refractivity contribution in [2.24, 2.45) is 0 Å². The van der Waals surface area contributed by atoms with E-state index in [1.165, 1.54) is 141 Å². The number of rotatable bonds is 64. The molecule has 0 rings (SSSR count). The minimum Gasteiger partial charge on any atom is -0.477 e. The van der Waals surface area contributed by atoms with Gasteiger partial charge in [0, 0.05) is 12.8 Å². The molecule has 1 N–H and O–H groups in total. The lowest BCUT2D eigenvalue weighted by atomic mass is 10.0. The van der Waals surface area contributed by atoms with Crippen molar-refractivity contribution in [3.63, 3.8) is 0 Å². The van der Waals surface area contributed by atoms with Crippen LogP contribution in [0.2, 0.25) is 0 Å². The van der Waals surface area contributed by atoms with Crippen LogP contribution in [0.25, 0.3) is 0 Å². The van der Waals surface area contributed by atoms with Gasteiger partial charge in [-0.25, -0.2) is 4.79 Å². The van der Waals surface area contributed by atoms with Gasteiger partial charge in [-0.2, -0.15) is 0 Å². The van der Waals surface area contributed by atoms with Crippen LogP contribution >= 0.6 is 0 Å². The number of aliphatic carboxylic acids is 1. The van der Waals surface area contributed by atoms with Gasteiger partial charge in [-0.15, -0.1) is 0 Å². The number of ether oxygens (including phenoxy) is 4. The predicted octanol–water partition coefficient (Wildman–Crippen LogP) is 22.1. The summed E-state index contributed by atoms with van der Waals surface area (Å²) >= 11 is 0. The van der Waals surface area contributed by atoms with E-state index in [9.17, 15) is 19.5 Å². The normalized spacial score (nSPS) is 13.5. The maximum Gasteiger partial charge on any atom is 0.361 e. The molecular formula is C78H132NO8+. The third-order valence-electron chi connectivity index (χ3n) is 14.9. The Morgan fingerprint density at radius 2 is 0.655 bits per heavy atom. The van der Waals surface area contributed by atoms with Crippen molar-refractivity contribution in [1.82, 2.24) is 0 Å². The van der Waals surface area contributed by atoms with Gasteiger partial charge in [0.2, 0.25) is 0 Å². The molecule has 0 spiro atoms. The first-order valence-corrected chi connectivity index (χ1v) is 35.3. The Hall–Kier alpha value is -4.57. The van der Waals surface area contributed by atoms with E-state index in [1.54, 1.807) is 0 Å². The molecule has 0 saturated carbocycles. The number of esters is 2. The van der Waals surface area contributed by atoms with Crippen LogP contribution in [0.1, 0.15) is 284 Å². The lowest BCUT2D eigenvalue weighted by molar-refractivity contribution is -0.870. The Morgan fingerprint density at radius 3 is 0.977 bits per heavy atom. The van der Waals surface area contributed by atoms with E-state index < -0.39 is 24.3 Å². The summed E-state index contributed by atoms with van der Waals surface area (Å²) in [6, 6.07) is 0. The second kappa shape index (κ2) is 67.4. The zero-order valence-electron chi connectivity index (χ0n) is 56.6. The van der Waals surface area contributed by atoms with Gasteiger partial charge in [0.15, 0.2) is 6.10 Å². The minimum absolute atomic E-state index is 0.176. The zero-order valence-corrected chi connectivity index (χ0v) is 56.6. The highest BCUT2D eigenvalue weighted by Gasteiger charge is 2.25. The van der Waals surface area contributed by atoms with E-state index in [0.717, 1.165) is 109 Å². The topological polar surface area (TPSA) is 108 Å². The van der Waals surface area contributed by atoms with Gasteiger partial charge < -0.3 is 28.5 Å². The summed E-state index contributed by atoms with van der Waals surface area (Å²) in [6.07, 6.45) is 94.2. The standard InChI is InChI=1S/C78H131NO8/c1-6-8-10-12-14-16-18-20-22-24-26-28-30-32-34-36-37-38-39-41-42-44-46-48-50-52-54-56-58-60-62-64-66-68-75(80)85-72-74(73-86-78(77(82)83)84-71-70-79(3,4)5)87-76(81)69-67-65-63-61-59-57-55-53-51-49-47-45-43-40-35-33-31-29-27-25-23-21-19-17-15-13-11-9-7-2/h9,11,15,17-18,20-21,23-24,26-27,29-30,32-33,35,43,45,49,51,55,57,74,78H,6-8,10,12-14,16,19,22,25,28,31,34,36-42,44,46-48,50,52-54,56,58-73H2,1-5H3/p+1/b11-9-,17-15-,20-18-,23-21-,26-24-,29-27-,32-30-,35-33-,45-43-,51-49-,57-55-. The number of unbranched alkanes of at least 4 members (excludes halogenated alkanes) is 27. The minimum atomic E-state index is -1.53. The number of carboxylic acid groups (broad SMARTS) is 1. The van der Waals surface area contributed by atoms with Crippen LogP contribution in [0.5, 0.6) is 0 Å². The highest BCUT2D eigenvalue weighted by molar-refractivity contribution is 5.71. The van der Waals surface area contributed by atoms with Crippen molar-refractivity contribution in [2.45, 2.75) is 296 Å². The first-order chi connectivity index (χ1) is 42.6. The molecule has 0 bridgehead atoms. The number of hydrogen-bond donors (Lipinski definition) is 1. The number of nitrogens with zero attached hydrogens (tertiary/aromatic N) is 1. The first kappa shape index (κ1) is 82.4. The van der Waals surface area contributed by atoms with Gasteiger partial charge in [-0.1, -0.05) is 289 Å². The van der Waals surface area contributed by atoms with E-state index in [2.05, 4.69) is 148 Å². The van der Waals surface area contributed by atoms with Gasteiger partial charge in [0.05, 0.1) is 34.4 Å². The molecule has 0 radical (unpaired) electrons. The summed E-state index contributed by atoms with van der Waals surface area (Å²) in [6.45, 7) is 4.73. The molecule has 9 nitrogen and oxygen atoms in total. The lowest BCUT2D eigenvalue weighted by Gasteiger charge is -2.25. The zero-order chi connectivity index (χ0) is 63.3. The van der Waals surface area contributed by atoms with Crippen molar-refractivity contribution < 1.29 is 42.9 Å². The lowest BCUT2D eigenvalue weighted by Crippen LogP contribution is -2.40. The molecule has 87 heavy (non-hydrogen) atoms. The molecule has 0 amide bonds. The predicted molar refractivity (Wildman–Crippen MR) is 373 cm³/mol. The van der Waals surface area contributed by atoms with Crippen LogP contribution in [-0.2, 0) is 33.3 Å². The molecule has 9 heteroatoms. The number of allylic oxidation sites excluding steroid dienone is 22. The Labute approximate surface area is 535 Å². The van der Waals surface area contributed by atoms with Gasteiger partial charge >= 0.3 is 17.9 Å². The fourth-order valence-corrected chi connectivity index (χ4v) is 9.51. The maximum atomic E-state index is 12.9. The van der Waals surface area contributed by atoms with E-state index in [1.807, 2.05) is 21.1 Å². The van der Waals surface area contributed by atoms with E-state index in [4.69, 9.17) is 18.9 Å². The largest absolute Gasteiger partial charge is 0.477 e. The molecule has 496 valence electrons. The second-order valence-electron chi connectivity index (χ2n) is 24.5. The summed E-state index contributed by atoms with van der Waals surface area (Å²) in [5.74, 6) is -2.04. The van der Waals surface area contributed by atoms with Gasteiger partial charge in [-0.3, -0.25) is 9.59 Å². The smallest absolute Gasteiger partial charge is 0.361 e. The molecule has 2 unspecified atom stereocenters. The van der Waals surface area contributed by atoms with Crippen molar-refractivity contribution in [1.29, 1.82) is 0 Å². The number of carbonyl (C=O) groups excluding carboxylic acids is 2. The van der Waals surface area contributed by atoms with Crippen LogP contribution in [0, 0.1) is 0 Å². The van der Waals surface area contributed by atoms with Crippen LogP contribution in [0.15, 0.2) is 134 Å². The van der Waals surface area contributed by atoms with E-state index in [-0.39, 0.29) is 32.2 Å². The monoisotopic (exact) mass is 1210 g/mol. The molecule has 0 fully saturated rings. The van der Waals surface area contributed by atoms with Crippen LogP contribution in [0.3, 0.4) is 0 Å². The summed E-state index contributed by atoms with van der Waals surface area (Å²) in [7, 11) is 5.96. The van der Waals surface area contributed by atoms with Gasteiger partial charge in [0.1, 0.15) is 13.2 Å². The van der Waals surface area contributed by atoms with Crippen molar-refractivity contribution in [3.05, 3.63) is 134 Å². The summed E-state index contributed by atoms with van der Waals surface area (Å²) in [4.78, 5) is 37.6. The van der Waals surface area contributed by atoms with Crippen molar-refractivity contribution >= 4 is 17.9 Å². The molecule has 0 aliphatic heterocycles. The molecule has 0 aliphatic carbocycles. The fourth-order valence-electron chi connectivity index (χ4n) is 9.51. The molecule has 0 aromatic heterocycles. The van der Waals surface area contributed by atoms with Crippen LogP contribution < -0.4 is 0 Å². The molecule has 0 aliphatic rings. The average molecular weight is 1210 g/mol. The van der Waals surface area contributed by atoms with E-state index in [0.29, 0.717) is 23.9 Å². The molecule has 2 atom stereocenters. The number of hydrogen-bond acceptors (Lipinski definition) is 7. The number of likely N-dealkylation sites (N-methyl/N-ethyl adjacent to an activating group) is 1. The van der Waals surface area contributed by atoms with Crippen molar-refractivity contribution in [2.75, 3.05) is 47.5 Å². The molecular weight excluding hydrogens is 1080 g/mol. The Balaban J connectivity index is 4.18. The fraction of sp³-hybridized carbons (Fsp3) is 0.679. The second-order valence-corrected chi connectivity index (χ2v) is 24.5. The molecule has 0 aromatic rings. The van der Waals surface area contributed by atoms with Crippen LogP contribution in [0.4, 0.5) is 0 Å². The van der Waals surface area contributed by atoms with Crippen LogP contribution in [-0.4, -0.2) is 87.4 Å². The number of carbonyl (C=O) groups is 3. The van der Waals surface area contributed by atoms with Gasteiger partial charge in [0.25, 0.3) is 6.29 Å². The third-order valence-corrected chi connectivity index (χ3v) is 14.9. The van der Waals surface area contributed by atoms with E-state index >= 15 is 0 Å². The molecule has 0 saturated heterocycles. The molecule has 0 heterocycles. The Kier molecular flexibility index (Phi) is 63.8. The Bertz CT molecular complexity index is 1890. The van der Waals surface area contributed by atoms with Crippen molar-refractivity contribution in [3.8, 4) is 0 Å². The summed E-state index contributed by atoms with van der Waals surface area (Å²) in [5, 5.41) is 9.75. The Morgan fingerprint density at radius 1 is 0.356 bits per heavy atom. The SMILES string of the molecule is CC/C=C\C/C=C\C/C=C\C/C=C\C/C=C\C/C=C\C/C=C\C/C=C\CCCCCCC(=O)OC(COC(=O)CCCCCCCCCCCCCCCCCCCC/C=C\C/C=C\C/C=C\CCCCCCC)COC(OCC[N+](C)(C)C)C(=O)O.